The Kier molecular flexibility index (Phi) is 8.25. The first kappa shape index (κ1) is 25.0. The van der Waals surface area contributed by atoms with Gasteiger partial charge in [-0.05, 0) is 56.2 Å². The van der Waals surface area contributed by atoms with E-state index < -0.39 is 0 Å². The molecule has 184 valence electrons. The van der Waals surface area contributed by atoms with Crippen molar-refractivity contribution in [3.63, 3.8) is 0 Å². The van der Waals surface area contributed by atoms with Crippen LogP contribution in [0.2, 0.25) is 0 Å². The number of aliphatic imine (C=N–C) groups is 1. The number of ether oxygens (including phenoxy) is 2. The van der Waals surface area contributed by atoms with Crippen LogP contribution in [0, 0.1) is 0 Å². The van der Waals surface area contributed by atoms with Crippen LogP contribution in [0.4, 0.5) is 5.69 Å². The summed E-state index contributed by atoms with van der Waals surface area (Å²) in [7, 11) is 0. The van der Waals surface area contributed by atoms with Crippen LogP contribution in [0.25, 0.3) is 6.08 Å². The molecule has 4 rings (SSSR count). The predicted octanol–water partition coefficient (Wildman–Crippen LogP) is 4.59. The number of anilines is 1. The van der Waals surface area contributed by atoms with Crippen LogP contribution in [-0.4, -0.2) is 59.5 Å². The third-order valence-electron chi connectivity index (χ3n) is 5.62. The summed E-state index contributed by atoms with van der Waals surface area (Å²) in [4.78, 5) is 34.8. The average molecular weight is 494 g/mol. The first-order valence-corrected chi connectivity index (χ1v) is 12.8. The topological polar surface area (TPSA) is 71.4 Å². The number of morpholine rings is 1. The maximum absolute atomic E-state index is 13.5. The lowest BCUT2D eigenvalue weighted by atomic mass is 10.2. The second-order valence-corrected chi connectivity index (χ2v) is 9.76. The van der Waals surface area contributed by atoms with Crippen molar-refractivity contribution < 1.29 is 19.1 Å². The number of amides is 2. The van der Waals surface area contributed by atoms with Crippen LogP contribution in [0.15, 0.2) is 65.3 Å². The fraction of sp³-hybridized carbons (Fsp3) is 0.370. The van der Waals surface area contributed by atoms with Crippen molar-refractivity contribution in [3.8, 4) is 5.75 Å². The molecule has 0 spiro atoms. The maximum atomic E-state index is 13.5. The van der Waals surface area contributed by atoms with Gasteiger partial charge in [-0.3, -0.25) is 14.5 Å². The molecule has 2 aliphatic heterocycles. The van der Waals surface area contributed by atoms with Crippen LogP contribution in [-0.2, 0) is 14.3 Å². The van der Waals surface area contributed by atoms with Crippen LogP contribution in [0.3, 0.4) is 0 Å². The summed E-state index contributed by atoms with van der Waals surface area (Å²) in [5.74, 6) is 0.620. The number of amidine groups is 1. The van der Waals surface area contributed by atoms with Crippen molar-refractivity contribution in [3.05, 3.63) is 65.9 Å². The van der Waals surface area contributed by atoms with Gasteiger partial charge in [0.15, 0.2) is 5.17 Å². The highest BCUT2D eigenvalue weighted by molar-refractivity contribution is 8.15. The molecule has 0 aliphatic carbocycles. The van der Waals surface area contributed by atoms with Crippen molar-refractivity contribution in [1.82, 2.24) is 4.90 Å². The molecule has 2 amide bonds. The molecule has 0 N–H and O–H groups in total. The molecule has 35 heavy (non-hydrogen) atoms. The highest BCUT2D eigenvalue weighted by Crippen LogP contribution is 2.32. The number of carbonyl (C=O) groups is 2. The van der Waals surface area contributed by atoms with E-state index in [1.54, 1.807) is 11.0 Å². The van der Waals surface area contributed by atoms with Gasteiger partial charge in [0.2, 0.25) is 5.91 Å². The Morgan fingerprint density at radius 3 is 2.43 bits per heavy atom. The zero-order chi connectivity index (χ0) is 24.8. The molecule has 0 radical (unpaired) electrons. The quantitative estimate of drug-likeness (QED) is 0.528. The van der Waals surface area contributed by atoms with Gasteiger partial charge in [0.1, 0.15) is 11.4 Å². The van der Waals surface area contributed by atoms with E-state index in [2.05, 4.69) is 0 Å². The first-order valence-electron chi connectivity index (χ1n) is 12.0. The summed E-state index contributed by atoms with van der Waals surface area (Å²) < 4.78 is 11.1. The minimum absolute atomic E-state index is 0.0575. The molecule has 0 aromatic heterocycles. The van der Waals surface area contributed by atoms with E-state index in [-0.39, 0.29) is 23.2 Å². The summed E-state index contributed by atoms with van der Waals surface area (Å²) in [5, 5.41) is 0.179. The number of para-hydroxylation sites is 1. The van der Waals surface area contributed by atoms with Crippen molar-refractivity contribution in [2.45, 2.75) is 38.5 Å². The zero-order valence-electron chi connectivity index (χ0n) is 20.3. The van der Waals surface area contributed by atoms with Gasteiger partial charge in [-0.2, -0.15) is 0 Å². The van der Waals surface area contributed by atoms with E-state index in [9.17, 15) is 9.59 Å². The average Bonchev–Trinajstić information content (AvgIpc) is 3.18. The minimum Gasteiger partial charge on any atom is -0.491 e. The maximum Gasteiger partial charge on any atom is 0.283 e. The summed E-state index contributed by atoms with van der Waals surface area (Å²) >= 11 is 1.35. The molecule has 2 aliphatic rings. The Morgan fingerprint density at radius 2 is 1.80 bits per heavy atom. The lowest BCUT2D eigenvalue weighted by Gasteiger charge is -2.30. The van der Waals surface area contributed by atoms with Gasteiger partial charge in [0.05, 0.1) is 30.3 Å². The molecule has 1 atom stereocenters. The SMILES string of the molecule is CC[C@@H](SC1=N/C(=C/c2ccc(OC(C)C)cc2)C(=O)N1c1ccccc1)C(=O)N1CCOCC1. The molecular formula is C27H31N3O4S. The number of rotatable bonds is 7. The normalized spacial score (nSPS) is 18.2. The molecule has 1 saturated heterocycles. The zero-order valence-corrected chi connectivity index (χ0v) is 21.2. The van der Waals surface area contributed by atoms with Crippen molar-refractivity contribution in [1.29, 1.82) is 0 Å². The molecule has 2 aromatic rings. The Labute approximate surface area is 210 Å². The molecule has 1 fully saturated rings. The van der Waals surface area contributed by atoms with E-state index in [4.69, 9.17) is 14.5 Å². The second kappa shape index (κ2) is 11.6. The van der Waals surface area contributed by atoms with E-state index in [1.165, 1.54) is 11.8 Å². The molecule has 0 unspecified atom stereocenters. The Balaban J connectivity index is 1.61. The number of hydrogen-bond acceptors (Lipinski definition) is 6. The molecule has 8 heteroatoms. The van der Waals surface area contributed by atoms with E-state index >= 15 is 0 Å². The summed E-state index contributed by atoms with van der Waals surface area (Å²) in [6, 6.07) is 17.0. The molecule has 0 bridgehead atoms. The van der Waals surface area contributed by atoms with E-state index in [0.29, 0.717) is 43.6 Å². The Hall–Kier alpha value is -3.10. The van der Waals surface area contributed by atoms with Crippen LogP contribution < -0.4 is 9.64 Å². The highest BCUT2D eigenvalue weighted by atomic mass is 32.2. The van der Waals surface area contributed by atoms with Gasteiger partial charge in [-0.1, -0.05) is 49.0 Å². The Bertz CT molecular complexity index is 1090. The third kappa shape index (κ3) is 6.13. The van der Waals surface area contributed by atoms with Crippen molar-refractivity contribution in [2.24, 2.45) is 4.99 Å². The highest BCUT2D eigenvalue weighted by Gasteiger charge is 2.36. The van der Waals surface area contributed by atoms with Gasteiger partial charge in [0.25, 0.3) is 5.91 Å². The summed E-state index contributed by atoms with van der Waals surface area (Å²) in [6.45, 7) is 8.22. The number of carbonyl (C=O) groups excluding carboxylic acids is 2. The number of thioether (sulfide) groups is 1. The van der Waals surface area contributed by atoms with Gasteiger partial charge in [-0.15, -0.1) is 0 Å². The number of hydrogen-bond donors (Lipinski definition) is 0. The summed E-state index contributed by atoms with van der Waals surface area (Å²) in [6.07, 6.45) is 2.49. The van der Waals surface area contributed by atoms with Gasteiger partial charge in [0, 0.05) is 13.1 Å². The van der Waals surface area contributed by atoms with Gasteiger partial charge < -0.3 is 14.4 Å². The molecule has 2 heterocycles. The smallest absolute Gasteiger partial charge is 0.283 e. The third-order valence-corrected chi connectivity index (χ3v) is 6.92. The van der Waals surface area contributed by atoms with Crippen LogP contribution in [0.1, 0.15) is 32.8 Å². The Morgan fingerprint density at radius 1 is 1.11 bits per heavy atom. The minimum atomic E-state index is -0.335. The van der Waals surface area contributed by atoms with Crippen molar-refractivity contribution >= 4 is 40.5 Å². The lowest BCUT2D eigenvalue weighted by Crippen LogP contribution is -2.45. The van der Waals surface area contributed by atoms with Crippen LogP contribution in [0.5, 0.6) is 5.75 Å². The van der Waals surface area contributed by atoms with Gasteiger partial charge in [-0.25, -0.2) is 4.99 Å². The largest absolute Gasteiger partial charge is 0.491 e. The molecule has 2 aromatic carbocycles. The van der Waals surface area contributed by atoms with E-state index in [0.717, 1.165) is 17.0 Å². The molecule has 7 nitrogen and oxygen atoms in total. The fourth-order valence-electron chi connectivity index (χ4n) is 3.88. The van der Waals surface area contributed by atoms with Crippen LogP contribution >= 0.6 is 11.8 Å². The van der Waals surface area contributed by atoms with Gasteiger partial charge >= 0.3 is 0 Å². The molecular weight excluding hydrogens is 462 g/mol. The lowest BCUT2D eigenvalue weighted by molar-refractivity contribution is -0.134. The number of nitrogens with zero attached hydrogens (tertiary/aromatic N) is 3. The monoisotopic (exact) mass is 493 g/mol. The standard InChI is InChI=1S/C27H31N3O4S/c1-4-24(26(32)29-14-16-33-17-15-29)35-27-28-23(25(31)30(27)21-8-6-5-7-9-21)18-20-10-12-22(13-11-20)34-19(2)3/h5-13,18-19,24H,4,14-17H2,1-3H3/b23-18+/t24-/m1/s1. The first-order chi connectivity index (χ1) is 17.0. The fourth-order valence-corrected chi connectivity index (χ4v) is 4.99. The molecule has 0 saturated carbocycles. The number of benzene rings is 2. The second-order valence-electron chi connectivity index (χ2n) is 8.59. The predicted molar refractivity (Wildman–Crippen MR) is 141 cm³/mol. The van der Waals surface area contributed by atoms with Crippen molar-refractivity contribution in [2.75, 3.05) is 31.2 Å². The summed E-state index contributed by atoms with van der Waals surface area (Å²) in [5.41, 5.74) is 1.91. The van der Waals surface area contributed by atoms with E-state index in [1.807, 2.05) is 80.3 Å².